The van der Waals surface area contributed by atoms with Gasteiger partial charge in [0, 0.05) is 25.4 Å². The Morgan fingerprint density at radius 1 is 1.35 bits per heavy atom. The van der Waals surface area contributed by atoms with Gasteiger partial charge in [-0.25, -0.2) is 4.98 Å². The number of aryl methyl sites for hydroxylation is 1. The van der Waals surface area contributed by atoms with Crippen molar-refractivity contribution in [2.75, 3.05) is 11.4 Å². The second kappa shape index (κ2) is 4.44. The van der Waals surface area contributed by atoms with Crippen LogP contribution in [0.2, 0.25) is 0 Å². The van der Waals surface area contributed by atoms with Crippen molar-refractivity contribution < 1.29 is 4.79 Å². The summed E-state index contributed by atoms with van der Waals surface area (Å²) < 4.78 is 1.87. The third-order valence-corrected chi connectivity index (χ3v) is 3.85. The summed E-state index contributed by atoms with van der Waals surface area (Å²) >= 11 is 0. The molecule has 0 aromatic carbocycles. The Bertz CT molecular complexity index is 659. The van der Waals surface area contributed by atoms with E-state index in [1.807, 2.05) is 48.6 Å². The maximum absolute atomic E-state index is 12.9. The fourth-order valence-electron chi connectivity index (χ4n) is 2.58. The number of amides is 1. The van der Waals surface area contributed by atoms with Crippen molar-refractivity contribution >= 4 is 11.6 Å². The largest absolute Gasteiger partial charge is 0.323 e. The molecule has 1 aliphatic heterocycles. The van der Waals surface area contributed by atoms with E-state index in [1.54, 1.807) is 12.5 Å². The Balaban J connectivity index is 1.94. The Hall–Kier alpha value is -2.17. The molecule has 0 fully saturated rings. The lowest BCUT2D eigenvalue weighted by Crippen LogP contribution is -2.46. The van der Waals surface area contributed by atoms with Crippen LogP contribution in [-0.2, 0) is 16.8 Å². The van der Waals surface area contributed by atoms with E-state index in [2.05, 4.69) is 9.97 Å². The third kappa shape index (κ3) is 1.90. The molecule has 5 nitrogen and oxygen atoms in total. The minimum atomic E-state index is -0.654. The molecule has 3 heterocycles. The Kier molecular flexibility index (Phi) is 2.85. The highest BCUT2D eigenvalue weighted by atomic mass is 16.2. The fraction of sp³-hybridized carbons (Fsp3) is 0.400. The van der Waals surface area contributed by atoms with Gasteiger partial charge in [-0.3, -0.25) is 9.78 Å². The van der Waals surface area contributed by atoms with Crippen LogP contribution in [0, 0.1) is 6.92 Å². The molecule has 0 N–H and O–H groups in total. The van der Waals surface area contributed by atoms with Crippen LogP contribution < -0.4 is 4.90 Å². The van der Waals surface area contributed by atoms with Gasteiger partial charge < -0.3 is 9.47 Å². The highest BCUT2D eigenvalue weighted by molar-refractivity contribution is 5.99. The summed E-state index contributed by atoms with van der Waals surface area (Å²) in [6, 6.07) is 3.83. The molecule has 0 unspecified atom stereocenters. The summed E-state index contributed by atoms with van der Waals surface area (Å²) in [4.78, 5) is 23.3. The standard InChI is InChI=1S/C15H18N4O/c1-11-9-18(10-17-11)15(2,3)14(20)19-8-6-12-13(19)5-4-7-16-12/h4-5,7,9-10H,6,8H2,1-3H3. The highest BCUT2D eigenvalue weighted by Gasteiger charge is 2.37. The molecular formula is C15H18N4O. The van der Waals surface area contributed by atoms with Crippen molar-refractivity contribution in [2.45, 2.75) is 32.7 Å². The Labute approximate surface area is 118 Å². The van der Waals surface area contributed by atoms with E-state index in [-0.39, 0.29) is 5.91 Å². The molecule has 3 rings (SSSR count). The molecule has 0 atom stereocenters. The van der Waals surface area contributed by atoms with Crippen LogP contribution in [-0.4, -0.2) is 27.0 Å². The van der Waals surface area contributed by atoms with Gasteiger partial charge in [0.1, 0.15) is 5.54 Å². The molecule has 0 radical (unpaired) electrons. The summed E-state index contributed by atoms with van der Waals surface area (Å²) in [5, 5.41) is 0. The van der Waals surface area contributed by atoms with E-state index in [0.717, 1.165) is 23.5 Å². The van der Waals surface area contributed by atoms with Gasteiger partial charge in [0.2, 0.25) is 0 Å². The molecule has 1 amide bonds. The van der Waals surface area contributed by atoms with Crippen LogP contribution in [0.15, 0.2) is 30.9 Å². The van der Waals surface area contributed by atoms with E-state index in [0.29, 0.717) is 6.54 Å². The lowest BCUT2D eigenvalue weighted by molar-refractivity contribution is -0.125. The summed E-state index contributed by atoms with van der Waals surface area (Å²) in [5.74, 6) is 0.0710. The number of pyridine rings is 1. The van der Waals surface area contributed by atoms with Gasteiger partial charge in [-0.05, 0) is 32.9 Å². The van der Waals surface area contributed by atoms with Gasteiger partial charge >= 0.3 is 0 Å². The van der Waals surface area contributed by atoms with E-state index in [4.69, 9.17) is 0 Å². The van der Waals surface area contributed by atoms with E-state index < -0.39 is 5.54 Å². The molecule has 1 aliphatic rings. The maximum atomic E-state index is 12.9. The average molecular weight is 270 g/mol. The number of imidazole rings is 1. The fourth-order valence-corrected chi connectivity index (χ4v) is 2.58. The lowest BCUT2D eigenvalue weighted by Gasteiger charge is -2.30. The van der Waals surface area contributed by atoms with Gasteiger partial charge in [-0.15, -0.1) is 0 Å². The van der Waals surface area contributed by atoms with Crippen molar-refractivity contribution in [1.82, 2.24) is 14.5 Å². The minimum Gasteiger partial charge on any atom is -0.323 e. The number of rotatable bonds is 2. The Morgan fingerprint density at radius 2 is 2.15 bits per heavy atom. The van der Waals surface area contributed by atoms with E-state index in [1.165, 1.54) is 0 Å². The average Bonchev–Trinajstić information content (AvgIpc) is 3.04. The van der Waals surface area contributed by atoms with Gasteiger partial charge in [0.05, 0.1) is 23.4 Å². The minimum absolute atomic E-state index is 0.0710. The normalized spacial score (nSPS) is 14.4. The number of anilines is 1. The zero-order chi connectivity index (χ0) is 14.3. The molecule has 20 heavy (non-hydrogen) atoms. The van der Waals surface area contributed by atoms with Gasteiger partial charge in [0.15, 0.2) is 0 Å². The predicted molar refractivity (Wildman–Crippen MR) is 76.6 cm³/mol. The van der Waals surface area contributed by atoms with Crippen LogP contribution in [0.4, 0.5) is 5.69 Å². The summed E-state index contributed by atoms with van der Waals surface area (Å²) in [7, 11) is 0. The van der Waals surface area contributed by atoms with Crippen molar-refractivity contribution in [2.24, 2.45) is 0 Å². The van der Waals surface area contributed by atoms with Gasteiger partial charge in [0.25, 0.3) is 5.91 Å². The van der Waals surface area contributed by atoms with Crippen molar-refractivity contribution in [3.63, 3.8) is 0 Å². The monoisotopic (exact) mass is 270 g/mol. The van der Waals surface area contributed by atoms with Crippen LogP contribution in [0.3, 0.4) is 0 Å². The molecule has 5 heteroatoms. The van der Waals surface area contributed by atoms with Crippen LogP contribution in [0.1, 0.15) is 25.2 Å². The molecule has 0 spiro atoms. The quantitative estimate of drug-likeness (QED) is 0.837. The number of nitrogens with zero attached hydrogens (tertiary/aromatic N) is 4. The molecule has 104 valence electrons. The van der Waals surface area contributed by atoms with Crippen LogP contribution in [0.25, 0.3) is 0 Å². The molecule has 2 aromatic rings. The molecular weight excluding hydrogens is 252 g/mol. The molecule has 0 aliphatic carbocycles. The second-order valence-corrected chi connectivity index (χ2v) is 5.66. The highest BCUT2D eigenvalue weighted by Crippen LogP contribution is 2.30. The van der Waals surface area contributed by atoms with Gasteiger partial charge in [-0.1, -0.05) is 0 Å². The zero-order valence-electron chi connectivity index (χ0n) is 12.0. The predicted octanol–water partition coefficient (Wildman–Crippen LogP) is 1.91. The van der Waals surface area contributed by atoms with Crippen molar-refractivity contribution in [3.8, 4) is 0 Å². The first-order valence-corrected chi connectivity index (χ1v) is 6.77. The first-order chi connectivity index (χ1) is 9.50. The topological polar surface area (TPSA) is 51.0 Å². The van der Waals surface area contributed by atoms with Gasteiger partial charge in [-0.2, -0.15) is 0 Å². The number of carbonyl (C=O) groups excluding carboxylic acids is 1. The number of fused-ring (bicyclic) bond motifs is 1. The maximum Gasteiger partial charge on any atom is 0.252 e. The summed E-state index contributed by atoms with van der Waals surface area (Å²) in [6.07, 6.45) is 6.21. The van der Waals surface area contributed by atoms with E-state index in [9.17, 15) is 4.79 Å². The second-order valence-electron chi connectivity index (χ2n) is 5.66. The molecule has 0 saturated carbocycles. The summed E-state index contributed by atoms with van der Waals surface area (Å²) in [6.45, 7) is 6.46. The third-order valence-electron chi connectivity index (χ3n) is 3.85. The van der Waals surface area contributed by atoms with Crippen LogP contribution in [0.5, 0.6) is 0 Å². The number of hydrogen-bond donors (Lipinski definition) is 0. The van der Waals surface area contributed by atoms with E-state index >= 15 is 0 Å². The molecule has 0 saturated heterocycles. The van der Waals surface area contributed by atoms with Crippen molar-refractivity contribution in [3.05, 3.63) is 42.2 Å². The zero-order valence-corrected chi connectivity index (χ0v) is 12.0. The molecule has 0 bridgehead atoms. The lowest BCUT2D eigenvalue weighted by atomic mass is 10.0. The number of hydrogen-bond acceptors (Lipinski definition) is 3. The number of aromatic nitrogens is 3. The Morgan fingerprint density at radius 3 is 2.85 bits per heavy atom. The van der Waals surface area contributed by atoms with Crippen molar-refractivity contribution in [1.29, 1.82) is 0 Å². The first-order valence-electron chi connectivity index (χ1n) is 6.77. The smallest absolute Gasteiger partial charge is 0.252 e. The SMILES string of the molecule is Cc1cn(C(C)(C)C(=O)N2CCc3ncccc32)cn1. The molecule has 2 aromatic heterocycles. The first kappa shape index (κ1) is 12.8. The number of carbonyl (C=O) groups is 1. The van der Waals surface area contributed by atoms with Crippen LogP contribution >= 0.6 is 0 Å². The summed E-state index contributed by atoms with van der Waals surface area (Å²) in [5.41, 5.74) is 2.19.